The molecule has 1 heterocycles. The molecule has 0 aliphatic heterocycles. The van der Waals surface area contributed by atoms with Crippen molar-refractivity contribution in [2.75, 3.05) is 12.4 Å². The highest BCUT2D eigenvalue weighted by Crippen LogP contribution is 2.24. The highest BCUT2D eigenvalue weighted by Gasteiger charge is 2.19. The van der Waals surface area contributed by atoms with Gasteiger partial charge >= 0.3 is 0 Å². The molecular formula is C16H19ClN2O2S. The van der Waals surface area contributed by atoms with Gasteiger partial charge in [0.15, 0.2) is 0 Å². The van der Waals surface area contributed by atoms with E-state index < -0.39 is 0 Å². The van der Waals surface area contributed by atoms with E-state index in [1.165, 1.54) is 16.4 Å². The van der Waals surface area contributed by atoms with Gasteiger partial charge in [-0.1, -0.05) is 29.8 Å². The summed E-state index contributed by atoms with van der Waals surface area (Å²) in [6.07, 6.45) is 1.64. The molecular weight excluding hydrogens is 320 g/mol. The molecule has 0 atom stereocenters. The Bertz CT molecular complexity index is 681. The minimum Gasteiger partial charge on any atom is -0.493 e. The Morgan fingerprint density at radius 2 is 1.95 bits per heavy atom. The van der Waals surface area contributed by atoms with Gasteiger partial charge in [0.05, 0.1) is 23.2 Å². The van der Waals surface area contributed by atoms with Crippen molar-refractivity contribution in [1.29, 1.82) is 0 Å². The first-order valence-electron chi connectivity index (χ1n) is 6.98. The quantitative estimate of drug-likeness (QED) is 0.614. The summed E-state index contributed by atoms with van der Waals surface area (Å²) < 4.78 is 7.01. The van der Waals surface area contributed by atoms with Crippen molar-refractivity contribution in [2.24, 2.45) is 0 Å². The summed E-state index contributed by atoms with van der Waals surface area (Å²) in [5, 5.41) is 4.42. The lowest BCUT2D eigenvalue weighted by Crippen LogP contribution is -2.36. The van der Waals surface area contributed by atoms with Gasteiger partial charge in [0.25, 0.3) is 5.56 Å². The van der Waals surface area contributed by atoms with Crippen molar-refractivity contribution in [3.05, 3.63) is 51.9 Å². The van der Waals surface area contributed by atoms with Gasteiger partial charge in [-0.15, -0.1) is 11.8 Å². The third-order valence-corrected chi connectivity index (χ3v) is 4.34. The number of rotatable bonds is 5. The topological polar surface area (TPSA) is 44.1 Å². The highest BCUT2D eigenvalue weighted by atomic mass is 35.5. The third kappa shape index (κ3) is 4.27. The van der Waals surface area contributed by atoms with Crippen LogP contribution in [0.5, 0.6) is 5.75 Å². The lowest BCUT2D eigenvalue weighted by atomic mass is 10.1. The Balaban J connectivity index is 1.97. The SMILES string of the molecule is CC(C)(C)n1ncc(SCCOc2ccccc2)c(Cl)c1=O. The molecule has 0 N–H and O–H groups in total. The smallest absolute Gasteiger partial charge is 0.287 e. The van der Waals surface area contributed by atoms with Crippen LogP contribution in [0.3, 0.4) is 0 Å². The Morgan fingerprint density at radius 1 is 1.27 bits per heavy atom. The van der Waals surface area contributed by atoms with Gasteiger partial charge in [-0.25, -0.2) is 4.68 Å². The van der Waals surface area contributed by atoms with E-state index in [1.54, 1.807) is 6.20 Å². The number of benzene rings is 1. The zero-order chi connectivity index (χ0) is 16.2. The predicted molar refractivity (Wildman–Crippen MR) is 91.2 cm³/mol. The molecule has 4 nitrogen and oxygen atoms in total. The average molecular weight is 339 g/mol. The van der Waals surface area contributed by atoms with Crippen molar-refractivity contribution in [3.63, 3.8) is 0 Å². The number of halogens is 1. The number of thioether (sulfide) groups is 1. The summed E-state index contributed by atoms with van der Waals surface area (Å²) in [4.78, 5) is 12.9. The van der Waals surface area contributed by atoms with Crippen LogP contribution in [0.1, 0.15) is 20.8 Å². The summed E-state index contributed by atoms with van der Waals surface area (Å²) in [5.41, 5.74) is -0.650. The lowest BCUT2D eigenvalue weighted by Gasteiger charge is -2.21. The van der Waals surface area contributed by atoms with E-state index in [1.807, 2.05) is 51.1 Å². The highest BCUT2D eigenvalue weighted by molar-refractivity contribution is 7.99. The van der Waals surface area contributed by atoms with E-state index in [2.05, 4.69) is 5.10 Å². The van der Waals surface area contributed by atoms with Crippen molar-refractivity contribution in [1.82, 2.24) is 9.78 Å². The van der Waals surface area contributed by atoms with Gasteiger partial charge in [-0.2, -0.15) is 5.10 Å². The van der Waals surface area contributed by atoms with Crippen LogP contribution in [-0.4, -0.2) is 22.1 Å². The number of ether oxygens (including phenoxy) is 1. The standard InChI is InChI=1S/C16H19ClN2O2S/c1-16(2,3)19-15(20)14(17)13(11-18-19)22-10-9-21-12-7-5-4-6-8-12/h4-8,11H,9-10H2,1-3H3. The molecule has 0 amide bonds. The summed E-state index contributed by atoms with van der Waals surface area (Å²) in [6.45, 7) is 6.28. The Morgan fingerprint density at radius 3 is 2.59 bits per heavy atom. The van der Waals surface area contributed by atoms with Crippen LogP contribution in [0.25, 0.3) is 0 Å². The van der Waals surface area contributed by atoms with Gasteiger partial charge in [0, 0.05) is 5.75 Å². The minimum absolute atomic E-state index is 0.217. The van der Waals surface area contributed by atoms with Crippen LogP contribution >= 0.6 is 23.4 Å². The van der Waals surface area contributed by atoms with Crippen molar-refractivity contribution < 1.29 is 4.74 Å². The second-order valence-corrected chi connectivity index (χ2v) is 7.24. The average Bonchev–Trinajstić information content (AvgIpc) is 2.47. The summed E-state index contributed by atoms with van der Waals surface area (Å²) >= 11 is 7.63. The van der Waals surface area contributed by atoms with Crippen LogP contribution in [0.4, 0.5) is 0 Å². The lowest BCUT2D eigenvalue weighted by molar-refractivity contribution is 0.336. The van der Waals surface area contributed by atoms with E-state index in [4.69, 9.17) is 16.3 Å². The molecule has 0 bridgehead atoms. The van der Waals surface area contributed by atoms with Crippen LogP contribution in [0.2, 0.25) is 5.02 Å². The Hall–Kier alpha value is -1.46. The fourth-order valence-corrected chi connectivity index (χ4v) is 2.84. The Labute approximate surface area is 139 Å². The first-order valence-corrected chi connectivity index (χ1v) is 8.35. The molecule has 2 rings (SSSR count). The summed E-state index contributed by atoms with van der Waals surface area (Å²) in [5.74, 6) is 1.52. The zero-order valence-electron chi connectivity index (χ0n) is 12.9. The van der Waals surface area contributed by atoms with Crippen molar-refractivity contribution >= 4 is 23.4 Å². The zero-order valence-corrected chi connectivity index (χ0v) is 14.4. The number of nitrogens with zero attached hydrogens (tertiary/aromatic N) is 2. The van der Waals surface area contributed by atoms with Gasteiger partial charge in [-0.05, 0) is 32.9 Å². The molecule has 0 radical (unpaired) electrons. The van der Waals surface area contributed by atoms with Gasteiger partial charge in [-0.3, -0.25) is 4.79 Å². The van der Waals surface area contributed by atoms with Crippen LogP contribution in [0, 0.1) is 0 Å². The van der Waals surface area contributed by atoms with Crippen LogP contribution in [0.15, 0.2) is 46.2 Å². The molecule has 0 unspecified atom stereocenters. The number of aromatic nitrogens is 2. The molecule has 1 aromatic heterocycles. The second-order valence-electron chi connectivity index (χ2n) is 5.72. The monoisotopic (exact) mass is 338 g/mol. The van der Waals surface area contributed by atoms with Gasteiger partial charge in [0.2, 0.25) is 0 Å². The summed E-state index contributed by atoms with van der Waals surface area (Å²) in [7, 11) is 0. The van der Waals surface area contributed by atoms with E-state index in [-0.39, 0.29) is 16.1 Å². The molecule has 22 heavy (non-hydrogen) atoms. The van der Waals surface area contributed by atoms with Crippen molar-refractivity contribution in [3.8, 4) is 5.75 Å². The second kappa shape index (κ2) is 7.20. The number of hydrogen-bond acceptors (Lipinski definition) is 4. The fraction of sp³-hybridized carbons (Fsp3) is 0.375. The van der Waals surface area contributed by atoms with Gasteiger partial charge < -0.3 is 4.74 Å². The molecule has 0 saturated heterocycles. The first kappa shape index (κ1) is 16.9. The molecule has 118 valence electrons. The maximum atomic E-state index is 12.2. The van der Waals surface area contributed by atoms with Gasteiger partial charge in [0.1, 0.15) is 10.8 Å². The Kier molecular flexibility index (Phi) is 5.53. The fourth-order valence-electron chi connectivity index (χ4n) is 1.82. The first-order chi connectivity index (χ1) is 10.4. The number of para-hydroxylation sites is 1. The minimum atomic E-state index is -0.389. The maximum Gasteiger partial charge on any atom is 0.287 e. The van der Waals surface area contributed by atoms with E-state index in [9.17, 15) is 4.79 Å². The molecule has 0 aliphatic carbocycles. The molecule has 6 heteroatoms. The van der Waals surface area contributed by atoms with E-state index >= 15 is 0 Å². The van der Waals surface area contributed by atoms with E-state index in [0.29, 0.717) is 17.3 Å². The molecule has 0 saturated carbocycles. The molecule has 0 spiro atoms. The summed E-state index contributed by atoms with van der Waals surface area (Å²) in [6, 6.07) is 9.61. The molecule has 0 aliphatic rings. The third-order valence-electron chi connectivity index (χ3n) is 2.88. The van der Waals surface area contributed by atoms with E-state index in [0.717, 1.165) is 5.75 Å². The van der Waals surface area contributed by atoms with Crippen LogP contribution in [-0.2, 0) is 5.54 Å². The predicted octanol–water partition coefficient (Wildman–Crippen LogP) is 3.82. The maximum absolute atomic E-state index is 12.2. The number of hydrogen-bond donors (Lipinski definition) is 0. The molecule has 0 fully saturated rings. The molecule has 2 aromatic rings. The normalized spacial score (nSPS) is 11.5. The molecule has 1 aromatic carbocycles. The van der Waals surface area contributed by atoms with Crippen LogP contribution < -0.4 is 10.3 Å². The largest absolute Gasteiger partial charge is 0.493 e. The van der Waals surface area contributed by atoms with Crippen molar-refractivity contribution in [2.45, 2.75) is 31.2 Å².